The second-order valence-corrected chi connectivity index (χ2v) is 7.54. The maximum Gasteiger partial charge on any atom is 0.225 e. The van der Waals surface area contributed by atoms with E-state index in [0.717, 1.165) is 37.3 Å². The van der Waals surface area contributed by atoms with Gasteiger partial charge in [-0.25, -0.2) is 4.98 Å². The maximum atomic E-state index is 12.8. The highest BCUT2D eigenvalue weighted by Gasteiger charge is 2.27. The molecule has 1 aliphatic heterocycles. The molecule has 1 aromatic carbocycles. The van der Waals surface area contributed by atoms with Gasteiger partial charge in [-0.3, -0.25) is 4.79 Å². The van der Waals surface area contributed by atoms with Gasteiger partial charge in [0.05, 0.1) is 15.6 Å². The van der Waals surface area contributed by atoms with E-state index < -0.39 is 0 Å². The molecule has 140 valence electrons. The van der Waals surface area contributed by atoms with E-state index in [1.807, 2.05) is 19.2 Å². The van der Waals surface area contributed by atoms with Gasteiger partial charge in [0.25, 0.3) is 0 Å². The molecule has 1 amide bonds. The van der Waals surface area contributed by atoms with Gasteiger partial charge in [0.2, 0.25) is 5.91 Å². The molecule has 5 nitrogen and oxygen atoms in total. The summed E-state index contributed by atoms with van der Waals surface area (Å²) >= 11 is 12.0. The van der Waals surface area contributed by atoms with Crippen LogP contribution in [0, 0.1) is 17.2 Å². The van der Waals surface area contributed by atoms with E-state index in [-0.39, 0.29) is 11.8 Å². The van der Waals surface area contributed by atoms with Crippen LogP contribution in [0.25, 0.3) is 0 Å². The molecular weight excluding hydrogens is 383 g/mol. The quantitative estimate of drug-likeness (QED) is 0.770. The summed E-state index contributed by atoms with van der Waals surface area (Å²) in [6.45, 7) is 2.05. The van der Waals surface area contributed by atoms with Crippen molar-refractivity contribution in [3.63, 3.8) is 0 Å². The Labute approximate surface area is 169 Å². The summed E-state index contributed by atoms with van der Waals surface area (Å²) in [7, 11) is 1.82. The summed E-state index contributed by atoms with van der Waals surface area (Å²) in [5.74, 6) is 1.00. The molecule has 2 heterocycles. The number of amides is 1. The van der Waals surface area contributed by atoms with Gasteiger partial charge in [-0.2, -0.15) is 5.26 Å². The summed E-state index contributed by atoms with van der Waals surface area (Å²) in [5, 5.41) is 9.87. The first-order valence-electron chi connectivity index (χ1n) is 8.78. The van der Waals surface area contributed by atoms with Crippen molar-refractivity contribution in [3.8, 4) is 6.07 Å². The zero-order valence-electron chi connectivity index (χ0n) is 15.0. The molecule has 1 aliphatic rings. The molecular formula is C20H20Cl2N4O. The number of piperidine rings is 1. The van der Waals surface area contributed by atoms with Crippen molar-refractivity contribution in [1.29, 1.82) is 5.26 Å². The van der Waals surface area contributed by atoms with Crippen LogP contribution in [0.5, 0.6) is 0 Å². The summed E-state index contributed by atoms with van der Waals surface area (Å²) in [6, 6.07) is 11.1. The number of carbonyl (C=O) groups excluding carboxylic acids is 1. The maximum absolute atomic E-state index is 12.8. The van der Waals surface area contributed by atoms with E-state index in [1.165, 1.54) is 0 Å². The van der Waals surface area contributed by atoms with Crippen molar-refractivity contribution >= 4 is 34.9 Å². The number of anilines is 1. The van der Waals surface area contributed by atoms with Crippen molar-refractivity contribution in [2.45, 2.75) is 19.4 Å². The van der Waals surface area contributed by atoms with Crippen LogP contribution >= 0.6 is 23.2 Å². The Bertz CT molecular complexity index is 855. The van der Waals surface area contributed by atoms with Crippen LogP contribution in [0.2, 0.25) is 10.0 Å². The van der Waals surface area contributed by atoms with Gasteiger partial charge in [-0.15, -0.1) is 0 Å². The molecule has 0 unspecified atom stereocenters. The predicted octanol–water partition coefficient (Wildman–Crippen LogP) is 4.14. The number of nitrogens with zero attached hydrogens (tertiary/aromatic N) is 4. The highest BCUT2D eigenvalue weighted by Crippen LogP contribution is 2.25. The largest absolute Gasteiger partial charge is 0.357 e. The molecule has 1 saturated heterocycles. The second-order valence-electron chi connectivity index (χ2n) is 6.72. The highest BCUT2D eigenvalue weighted by molar-refractivity contribution is 6.42. The van der Waals surface area contributed by atoms with Crippen LogP contribution in [0.3, 0.4) is 0 Å². The number of nitriles is 1. The monoisotopic (exact) mass is 402 g/mol. The fourth-order valence-electron chi connectivity index (χ4n) is 3.30. The van der Waals surface area contributed by atoms with Gasteiger partial charge in [-0.1, -0.05) is 29.3 Å². The lowest BCUT2D eigenvalue weighted by Crippen LogP contribution is -2.41. The molecule has 0 N–H and O–H groups in total. The minimum atomic E-state index is 0.00686. The topological polar surface area (TPSA) is 60.2 Å². The zero-order valence-corrected chi connectivity index (χ0v) is 16.5. The van der Waals surface area contributed by atoms with Crippen LogP contribution in [0.15, 0.2) is 36.5 Å². The summed E-state index contributed by atoms with van der Waals surface area (Å²) in [5.41, 5.74) is 1.51. The zero-order chi connectivity index (χ0) is 19.4. The van der Waals surface area contributed by atoms with Gasteiger partial charge < -0.3 is 9.80 Å². The Balaban J connectivity index is 1.55. The predicted molar refractivity (Wildman–Crippen MR) is 107 cm³/mol. The van der Waals surface area contributed by atoms with Gasteiger partial charge in [0, 0.05) is 38.8 Å². The van der Waals surface area contributed by atoms with E-state index in [2.05, 4.69) is 16.0 Å². The first-order chi connectivity index (χ1) is 13.0. The molecule has 1 fully saturated rings. The van der Waals surface area contributed by atoms with Crippen molar-refractivity contribution in [2.75, 3.05) is 25.0 Å². The standard InChI is InChI=1S/C20H20Cl2N4O/c1-25(13-14-2-4-17(21)18(22)10-14)20(27)16-6-8-26(9-7-16)19-5-3-15(11-23)12-24-19/h2-5,10,12,16H,6-9,13H2,1H3. The van der Waals surface area contributed by atoms with Gasteiger partial charge >= 0.3 is 0 Å². The number of benzene rings is 1. The van der Waals surface area contributed by atoms with E-state index in [9.17, 15) is 4.79 Å². The Kier molecular flexibility index (Phi) is 6.20. The average molecular weight is 403 g/mol. The molecule has 1 aromatic heterocycles. The van der Waals surface area contributed by atoms with Crippen LogP contribution in [0.4, 0.5) is 5.82 Å². The van der Waals surface area contributed by atoms with Gasteiger partial charge in [0.15, 0.2) is 0 Å². The molecule has 2 aromatic rings. The number of halogens is 2. The van der Waals surface area contributed by atoms with Crippen LogP contribution in [-0.4, -0.2) is 35.9 Å². The summed E-state index contributed by atoms with van der Waals surface area (Å²) in [4.78, 5) is 21.0. The first kappa shape index (κ1) is 19.5. The molecule has 0 saturated carbocycles. The smallest absolute Gasteiger partial charge is 0.225 e. The van der Waals surface area contributed by atoms with Crippen LogP contribution in [0.1, 0.15) is 24.0 Å². The number of hydrogen-bond donors (Lipinski definition) is 0. The number of carbonyl (C=O) groups is 1. The Morgan fingerprint density at radius 3 is 2.59 bits per heavy atom. The van der Waals surface area contributed by atoms with E-state index in [1.54, 1.807) is 29.3 Å². The molecule has 0 spiro atoms. The van der Waals surface area contributed by atoms with Crippen molar-refractivity contribution in [2.24, 2.45) is 5.92 Å². The number of rotatable bonds is 4. The first-order valence-corrected chi connectivity index (χ1v) is 9.53. The van der Waals surface area contributed by atoms with Gasteiger partial charge in [0.1, 0.15) is 11.9 Å². The summed E-state index contributed by atoms with van der Waals surface area (Å²) in [6.07, 6.45) is 3.15. The molecule has 0 atom stereocenters. The lowest BCUT2D eigenvalue weighted by molar-refractivity contribution is -0.135. The molecule has 0 bridgehead atoms. The second kappa shape index (κ2) is 8.60. The van der Waals surface area contributed by atoms with E-state index in [0.29, 0.717) is 22.2 Å². The Morgan fingerprint density at radius 2 is 2.00 bits per heavy atom. The Hall–Kier alpha value is -2.29. The third-order valence-corrected chi connectivity index (χ3v) is 5.56. The fourth-order valence-corrected chi connectivity index (χ4v) is 3.62. The number of aromatic nitrogens is 1. The normalized spacial score (nSPS) is 14.7. The minimum Gasteiger partial charge on any atom is -0.357 e. The van der Waals surface area contributed by atoms with Crippen LogP contribution < -0.4 is 4.90 Å². The molecule has 7 heteroatoms. The third kappa shape index (κ3) is 4.71. The average Bonchev–Trinajstić information content (AvgIpc) is 2.70. The molecule has 0 aliphatic carbocycles. The molecule has 0 radical (unpaired) electrons. The highest BCUT2D eigenvalue weighted by atomic mass is 35.5. The number of pyridine rings is 1. The van der Waals surface area contributed by atoms with Gasteiger partial charge in [-0.05, 0) is 42.7 Å². The molecule has 3 rings (SSSR count). The van der Waals surface area contributed by atoms with E-state index in [4.69, 9.17) is 28.5 Å². The third-order valence-electron chi connectivity index (χ3n) is 4.83. The van der Waals surface area contributed by atoms with E-state index >= 15 is 0 Å². The van der Waals surface area contributed by atoms with Crippen molar-refractivity contribution < 1.29 is 4.79 Å². The van der Waals surface area contributed by atoms with Crippen LogP contribution in [-0.2, 0) is 11.3 Å². The SMILES string of the molecule is CN(Cc1ccc(Cl)c(Cl)c1)C(=O)C1CCN(c2ccc(C#N)cn2)CC1. The molecule has 27 heavy (non-hydrogen) atoms. The van der Waals surface area contributed by atoms with Crippen molar-refractivity contribution in [1.82, 2.24) is 9.88 Å². The lowest BCUT2D eigenvalue weighted by Gasteiger charge is -2.34. The number of hydrogen-bond acceptors (Lipinski definition) is 4. The lowest BCUT2D eigenvalue weighted by atomic mass is 9.95. The van der Waals surface area contributed by atoms with Crippen molar-refractivity contribution in [3.05, 3.63) is 57.7 Å². The minimum absolute atomic E-state index is 0.00686. The fraction of sp³-hybridized carbons (Fsp3) is 0.350. The summed E-state index contributed by atoms with van der Waals surface area (Å²) < 4.78 is 0. The Morgan fingerprint density at radius 1 is 1.26 bits per heavy atom.